The molecule has 110 valence electrons. The van der Waals surface area contributed by atoms with Gasteiger partial charge in [-0.1, -0.05) is 54.6 Å². The molecular formula is C22H12N2. The molecule has 1 aromatic heterocycles. The Kier molecular flexibility index (Phi) is 2.12. The number of aromatic nitrogens is 2. The summed E-state index contributed by atoms with van der Waals surface area (Å²) >= 11 is 0. The maximum Gasteiger partial charge on any atom is 0.0942 e. The van der Waals surface area contributed by atoms with Gasteiger partial charge in [-0.2, -0.15) is 10.2 Å². The van der Waals surface area contributed by atoms with Crippen LogP contribution in [-0.2, 0) is 0 Å². The van der Waals surface area contributed by atoms with Crippen LogP contribution in [0.25, 0.3) is 54.0 Å². The Balaban J connectivity index is 2.14. The van der Waals surface area contributed by atoms with E-state index in [1.165, 1.54) is 48.5 Å². The highest BCUT2D eigenvalue weighted by Gasteiger charge is 2.15. The lowest BCUT2D eigenvalue weighted by Gasteiger charge is -2.15. The second kappa shape index (κ2) is 4.18. The van der Waals surface area contributed by atoms with E-state index in [-0.39, 0.29) is 0 Å². The number of fused-ring (bicyclic) bond motifs is 4. The second-order valence-electron chi connectivity index (χ2n) is 6.33. The summed E-state index contributed by atoms with van der Waals surface area (Å²) in [4.78, 5) is 0. The molecule has 0 spiro atoms. The highest BCUT2D eigenvalue weighted by atomic mass is 15.1. The number of rotatable bonds is 0. The lowest BCUT2D eigenvalue weighted by molar-refractivity contribution is 1.09. The molecule has 0 unspecified atom stereocenters. The maximum absolute atomic E-state index is 4.35. The van der Waals surface area contributed by atoms with Crippen LogP contribution >= 0.6 is 0 Å². The Morgan fingerprint density at radius 3 is 2.33 bits per heavy atom. The molecule has 6 rings (SSSR count). The van der Waals surface area contributed by atoms with E-state index >= 15 is 0 Å². The van der Waals surface area contributed by atoms with Crippen molar-refractivity contribution in [3.63, 3.8) is 0 Å². The Hall–Kier alpha value is -3.26. The van der Waals surface area contributed by atoms with Gasteiger partial charge >= 0.3 is 0 Å². The van der Waals surface area contributed by atoms with Gasteiger partial charge in [-0.25, -0.2) is 0 Å². The molecule has 6 aromatic rings. The molecule has 0 atom stereocenters. The molecule has 0 aliphatic heterocycles. The van der Waals surface area contributed by atoms with Crippen LogP contribution in [0, 0.1) is 0 Å². The summed E-state index contributed by atoms with van der Waals surface area (Å²) in [6, 6.07) is 23.8. The van der Waals surface area contributed by atoms with E-state index in [0.717, 1.165) is 5.52 Å². The number of nitrogens with zero attached hydrogens (tertiary/aromatic N) is 2. The van der Waals surface area contributed by atoms with Crippen molar-refractivity contribution in [2.45, 2.75) is 0 Å². The highest BCUT2D eigenvalue weighted by molar-refractivity contribution is 6.37. The van der Waals surface area contributed by atoms with Gasteiger partial charge in [-0.15, -0.1) is 0 Å². The van der Waals surface area contributed by atoms with Crippen molar-refractivity contribution in [1.82, 2.24) is 10.2 Å². The van der Waals surface area contributed by atoms with Crippen molar-refractivity contribution in [3.8, 4) is 0 Å². The van der Waals surface area contributed by atoms with Crippen LogP contribution in [0.1, 0.15) is 0 Å². The Morgan fingerprint density at radius 1 is 0.542 bits per heavy atom. The maximum atomic E-state index is 4.35. The van der Waals surface area contributed by atoms with Crippen LogP contribution in [0.15, 0.2) is 72.9 Å². The first-order chi connectivity index (χ1) is 11.9. The summed E-state index contributed by atoms with van der Waals surface area (Å²) in [5.74, 6) is 0. The van der Waals surface area contributed by atoms with E-state index in [2.05, 4.69) is 70.9 Å². The van der Waals surface area contributed by atoms with Crippen molar-refractivity contribution < 1.29 is 0 Å². The van der Waals surface area contributed by atoms with E-state index in [1.54, 1.807) is 0 Å². The van der Waals surface area contributed by atoms with Crippen molar-refractivity contribution in [3.05, 3.63) is 72.9 Å². The molecule has 0 saturated heterocycles. The molecule has 1 heterocycles. The Bertz CT molecular complexity index is 1390. The molecular weight excluding hydrogens is 292 g/mol. The van der Waals surface area contributed by atoms with Gasteiger partial charge in [0.1, 0.15) is 0 Å². The van der Waals surface area contributed by atoms with E-state index in [9.17, 15) is 0 Å². The monoisotopic (exact) mass is 304 g/mol. The summed E-state index contributed by atoms with van der Waals surface area (Å²) in [6.45, 7) is 0. The van der Waals surface area contributed by atoms with Crippen molar-refractivity contribution >= 4 is 54.0 Å². The van der Waals surface area contributed by atoms with Crippen LogP contribution in [0.4, 0.5) is 0 Å². The minimum atomic E-state index is 0.959. The molecule has 5 aromatic carbocycles. The van der Waals surface area contributed by atoms with Crippen LogP contribution in [0.2, 0.25) is 0 Å². The summed E-state index contributed by atoms with van der Waals surface area (Å²) in [5, 5.41) is 20.0. The Morgan fingerprint density at radius 2 is 1.33 bits per heavy atom. The van der Waals surface area contributed by atoms with Crippen molar-refractivity contribution in [2.24, 2.45) is 0 Å². The number of hydrogen-bond acceptors (Lipinski definition) is 2. The molecule has 0 saturated carbocycles. The van der Waals surface area contributed by atoms with E-state index in [0.29, 0.717) is 0 Å². The third-order valence-electron chi connectivity index (χ3n) is 5.11. The van der Waals surface area contributed by atoms with Gasteiger partial charge in [-0.3, -0.25) is 0 Å². The zero-order valence-electron chi connectivity index (χ0n) is 12.8. The molecule has 0 bridgehead atoms. The van der Waals surface area contributed by atoms with Crippen molar-refractivity contribution in [1.29, 1.82) is 0 Å². The first-order valence-corrected chi connectivity index (χ1v) is 8.11. The fourth-order valence-corrected chi connectivity index (χ4v) is 4.16. The molecule has 0 N–H and O–H groups in total. The van der Waals surface area contributed by atoms with Gasteiger partial charge in [-0.05, 0) is 49.8 Å². The Labute approximate surface area is 137 Å². The van der Waals surface area contributed by atoms with E-state index < -0.39 is 0 Å². The van der Waals surface area contributed by atoms with Crippen LogP contribution in [0.5, 0.6) is 0 Å². The molecule has 24 heavy (non-hydrogen) atoms. The predicted octanol–water partition coefficient (Wildman–Crippen LogP) is 5.68. The quantitative estimate of drug-likeness (QED) is 0.266. The van der Waals surface area contributed by atoms with Gasteiger partial charge in [0, 0.05) is 10.8 Å². The zero-order chi connectivity index (χ0) is 15.7. The average molecular weight is 304 g/mol. The first kappa shape index (κ1) is 12.2. The van der Waals surface area contributed by atoms with Crippen LogP contribution in [-0.4, -0.2) is 10.2 Å². The minimum Gasteiger partial charge on any atom is -0.158 e. The smallest absolute Gasteiger partial charge is 0.0942 e. The topological polar surface area (TPSA) is 25.8 Å². The average Bonchev–Trinajstić information content (AvgIpc) is 2.64. The minimum absolute atomic E-state index is 0.959. The molecule has 2 heteroatoms. The van der Waals surface area contributed by atoms with E-state index in [4.69, 9.17) is 0 Å². The largest absolute Gasteiger partial charge is 0.158 e. The number of benzene rings is 5. The van der Waals surface area contributed by atoms with Gasteiger partial charge in [0.15, 0.2) is 0 Å². The molecule has 0 aliphatic carbocycles. The molecule has 0 radical (unpaired) electrons. The molecule has 0 fully saturated rings. The summed E-state index contributed by atoms with van der Waals surface area (Å²) in [6.07, 6.45) is 1.90. The normalized spacial score (nSPS) is 12.2. The van der Waals surface area contributed by atoms with Gasteiger partial charge < -0.3 is 0 Å². The molecule has 2 nitrogen and oxygen atoms in total. The van der Waals surface area contributed by atoms with Gasteiger partial charge in [0.25, 0.3) is 0 Å². The fourth-order valence-electron chi connectivity index (χ4n) is 4.16. The molecule has 0 aliphatic rings. The zero-order valence-corrected chi connectivity index (χ0v) is 12.8. The summed E-state index contributed by atoms with van der Waals surface area (Å²) in [5.41, 5.74) is 0.959. The molecule has 0 amide bonds. The fraction of sp³-hybridized carbons (Fsp3) is 0. The lowest BCUT2D eigenvalue weighted by atomic mass is 9.89. The first-order valence-electron chi connectivity index (χ1n) is 8.11. The van der Waals surface area contributed by atoms with E-state index in [1.807, 2.05) is 12.3 Å². The number of hydrogen-bond donors (Lipinski definition) is 0. The van der Waals surface area contributed by atoms with Crippen LogP contribution in [0.3, 0.4) is 0 Å². The summed E-state index contributed by atoms with van der Waals surface area (Å²) in [7, 11) is 0. The van der Waals surface area contributed by atoms with Crippen molar-refractivity contribution in [2.75, 3.05) is 0 Å². The van der Waals surface area contributed by atoms with Gasteiger partial charge in [0.2, 0.25) is 0 Å². The standard InChI is InChI=1S/C22H12N2/c1-2-7-15-13(5-1)11-14-6-3-8-16-18-12-23-24-19-10-4-9-17(21(18)19)22(15)20(14)16/h1-12H. The third-order valence-corrected chi connectivity index (χ3v) is 5.11. The highest BCUT2D eigenvalue weighted by Crippen LogP contribution is 2.42. The lowest BCUT2D eigenvalue weighted by Crippen LogP contribution is -1.91. The third kappa shape index (κ3) is 1.36. The van der Waals surface area contributed by atoms with Gasteiger partial charge in [0.05, 0.1) is 11.7 Å². The van der Waals surface area contributed by atoms with Crippen LogP contribution < -0.4 is 0 Å². The second-order valence-corrected chi connectivity index (χ2v) is 6.33. The summed E-state index contributed by atoms with van der Waals surface area (Å²) < 4.78 is 0. The SMILES string of the molecule is c1ccc2c(c1)cc1cccc3c4cnnc5cccc(c54)c2c13. The predicted molar refractivity (Wildman–Crippen MR) is 101 cm³/mol.